The summed E-state index contributed by atoms with van der Waals surface area (Å²) in [5.74, 6) is 0.0631. The number of anilines is 2. The number of carbonyl (C=O) groups is 2. The Morgan fingerprint density at radius 3 is 2.48 bits per heavy atom. The van der Waals surface area contributed by atoms with Gasteiger partial charge in [-0.3, -0.25) is 9.59 Å². The van der Waals surface area contributed by atoms with E-state index in [1.165, 1.54) is 11.8 Å². The predicted molar refractivity (Wildman–Crippen MR) is 125 cm³/mol. The molecule has 11 heteroatoms. The van der Waals surface area contributed by atoms with Crippen molar-refractivity contribution in [2.45, 2.75) is 18.5 Å². The number of nitrogens with zero attached hydrogens (tertiary/aromatic N) is 3. The van der Waals surface area contributed by atoms with Crippen molar-refractivity contribution in [2.75, 3.05) is 16.4 Å². The number of hydrogen-bond acceptors (Lipinski definition) is 5. The molecule has 0 atom stereocenters. The van der Waals surface area contributed by atoms with Gasteiger partial charge in [0.15, 0.2) is 5.16 Å². The maximum Gasteiger partial charge on any atom is 0.234 e. The summed E-state index contributed by atoms with van der Waals surface area (Å²) in [6.07, 6.45) is 0.0299. The summed E-state index contributed by atoms with van der Waals surface area (Å²) < 4.78 is 1.68. The van der Waals surface area contributed by atoms with E-state index < -0.39 is 0 Å². The first kappa shape index (κ1) is 23.4. The molecule has 0 aliphatic rings. The number of carbonyl (C=O) groups excluding carboxylic acids is 2. The Kier molecular flexibility index (Phi) is 7.83. The maximum atomic E-state index is 12.3. The normalized spacial score (nSPS) is 10.7. The second-order valence-corrected chi connectivity index (χ2v) is 8.80. The van der Waals surface area contributed by atoms with Crippen molar-refractivity contribution in [1.29, 1.82) is 0 Å². The second kappa shape index (κ2) is 10.4. The van der Waals surface area contributed by atoms with E-state index in [1.54, 1.807) is 41.9 Å². The molecule has 7 nitrogen and oxygen atoms in total. The molecule has 3 aromatic rings. The Labute approximate surface area is 198 Å². The van der Waals surface area contributed by atoms with E-state index in [0.717, 1.165) is 5.56 Å². The molecule has 0 aliphatic carbocycles. The van der Waals surface area contributed by atoms with Crippen LogP contribution in [-0.4, -0.2) is 32.3 Å². The Bertz CT molecular complexity index is 1140. The fraction of sp³-hybridized carbons (Fsp3) is 0.200. The molecule has 0 saturated heterocycles. The topological polar surface area (TPSA) is 88.9 Å². The van der Waals surface area contributed by atoms with Crippen molar-refractivity contribution >= 4 is 69.8 Å². The molecule has 0 fully saturated rings. The molecule has 1 aromatic heterocycles. The van der Waals surface area contributed by atoms with Crippen molar-refractivity contribution in [3.63, 3.8) is 0 Å². The molecule has 2 aromatic carbocycles. The molecule has 0 unspecified atom stereocenters. The summed E-state index contributed by atoms with van der Waals surface area (Å²) in [4.78, 5) is 24.6. The molecule has 0 aliphatic heterocycles. The largest absolute Gasteiger partial charge is 0.326 e. The number of benzene rings is 2. The van der Waals surface area contributed by atoms with Gasteiger partial charge in [-0.15, -0.1) is 10.2 Å². The first-order valence-electron chi connectivity index (χ1n) is 9.05. The van der Waals surface area contributed by atoms with Crippen molar-refractivity contribution in [3.8, 4) is 0 Å². The van der Waals surface area contributed by atoms with Gasteiger partial charge in [-0.2, -0.15) is 0 Å². The highest BCUT2D eigenvalue weighted by molar-refractivity contribution is 7.99. The van der Waals surface area contributed by atoms with Crippen LogP contribution in [0.2, 0.25) is 15.1 Å². The van der Waals surface area contributed by atoms with Crippen LogP contribution >= 0.6 is 46.6 Å². The van der Waals surface area contributed by atoms with Gasteiger partial charge in [0.2, 0.25) is 11.8 Å². The second-order valence-electron chi connectivity index (χ2n) is 6.61. The summed E-state index contributed by atoms with van der Waals surface area (Å²) in [5, 5.41) is 15.5. The highest BCUT2D eigenvalue weighted by Gasteiger charge is 2.15. The van der Waals surface area contributed by atoms with E-state index in [0.29, 0.717) is 37.4 Å². The fourth-order valence-corrected chi connectivity index (χ4v) is 3.92. The molecule has 3 rings (SSSR count). The lowest BCUT2D eigenvalue weighted by Crippen LogP contribution is -2.17. The van der Waals surface area contributed by atoms with Gasteiger partial charge in [0.05, 0.1) is 22.9 Å². The number of halogens is 3. The average Bonchev–Trinajstić information content (AvgIpc) is 3.05. The molecule has 162 valence electrons. The minimum absolute atomic E-state index is 0.0299. The summed E-state index contributed by atoms with van der Waals surface area (Å²) >= 11 is 19.2. The maximum absolute atomic E-state index is 12.3. The van der Waals surface area contributed by atoms with Crippen LogP contribution < -0.4 is 10.6 Å². The van der Waals surface area contributed by atoms with Crippen LogP contribution in [0.5, 0.6) is 0 Å². The minimum Gasteiger partial charge on any atom is -0.326 e. The number of rotatable bonds is 7. The van der Waals surface area contributed by atoms with Crippen LogP contribution in [0.25, 0.3) is 0 Å². The predicted octanol–water partition coefficient (Wildman–Crippen LogP) is 5.00. The van der Waals surface area contributed by atoms with Gasteiger partial charge in [-0.25, -0.2) is 0 Å². The van der Waals surface area contributed by atoms with E-state index in [-0.39, 0.29) is 24.0 Å². The quantitative estimate of drug-likeness (QED) is 0.448. The SMILES string of the molecule is Cc1ccc(NC(=O)Cc2nnc(SCC(=O)Nc3ccc(Cl)cc3Cl)n2C)cc1Cl. The van der Waals surface area contributed by atoms with Crippen molar-refractivity contribution in [1.82, 2.24) is 14.8 Å². The van der Waals surface area contributed by atoms with E-state index in [2.05, 4.69) is 20.8 Å². The number of amides is 2. The molecule has 0 bridgehead atoms. The van der Waals surface area contributed by atoms with Gasteiger partial charge in [0, 0.05) is 22.8 Å². The molecule has 0 saturated carbocycles. The van der Waals surface area contributed by atoms with Crippen molar-refractivity contribution in [2.24, 2.45) is 7.05 Å². The van der Waals surface area contributed by atoms with Crippen LogP contribution in [0, 0.1) is 6.92 Å². The van der Waals surface area contributed by atoms with Crippen molar-refractivity contribution in [3.05, 3.63) is 62.9 Å². The van der Waals surface area contributed by atoms with E-state index in [9.17, 15) is 9.59 Å². The Morgan fingerprint density at radius 1 is 1.00 bits per heavy atom. The van der Waals surface area contributed by atoms with E-state index in [1.807, 2.05) is 13.0 Å². The van der Waals surface area contributed by atoms with Crippen LogP contribution in [0.4, 0.5) is 11.4 Å². The summed E-state index contributed by atoms with van der Waals surface area (Å²) in [6, 6.07) is 10.1. The molecule has 2 amide bonds. The standard InChI is InChI=1S/C20H18Cl3N5O2S/c1-11-3-5-13(8-14(11)22)24-18(29)9-17-26-27-20(28(17)2)31-10-19(30)25-16-6-4-12(21)7-15(16)23/h3-8H,9-10H2,1-2H3,(H,24,29)(H,25,30). The lowest BCUT2D eigenvalue weighted by molar-refractivity contribution is -0.116. The van der Waals surface area contributed by atoms with Gasteiger partial charge in [0.1, 0.15) is 5.82 Å². The number of aryl methyl sites for hydroxylation is 1. The smallest absolute Gasteiger partial charge is 0.234 e. The van der Waals surface area contributed by atoms with Crippen LogP contribution in [0.3, 0.4) is 0 Å². The van der Waals surface area contributed by atoms with Crippen LogP contribution in [-0.2, 0) is 23.1 Å². The summed E-state index contributed by atoms with van der Waals surface area (Å²) in [5.41, 5.74) is 2.01. The van der Waals surface area contributed by atoms with Gasteiger partial charge in [-0.05, 0) is 42.8 Å². The highest BCUT2D eigenvalue weighted by atomic mass is 35.5. The molecule has 2 N–H and O–H groups in total. The molecule has 0 spiro atoms. The van der Waals surface area contributed by atoms with Gasteiger partial charge < -0.3 is 15.2 Å². The summed E-state index contributed by atoms with van der Waals surface area (Å²) in [6.45, 7) is 1.89. The Morgan fingerprint density at radius 2 is 1.77 bits per heavy atom. The fourth-order valence-electron chi connectivity index (χ4n) is 2.55. The third kappa shape index (κ3) is 6.36. The molecular weight excluding hydrogens is 481 g/mol. The lowest BCUT2D eigenvalue weighted by atomic mass is 10.2. The first-order chi connectivity index (χ1) is 14.7. The Hall–Kier alpha value is -2.26. The number of nitrogens with one attached hydrogen (secondary N) is 2. The van der Waals surface area contributed by atoms with Gasteiger partial charge >= 0.3 is 0 Å². The van der Waals surface area contributed by atoms with E-state index in [4.69, 9.17) is 34.8 Å². The van der Waals surface area contributed by atoms with Crippen molar-refractivity contribution < 1.29 is 9.59 Å². The zero-order valence-corrected chi connectivity index (χ0v) is 19.7. The zero-order chi connectivity index (χ0) is 22.5. The third-order valence-electron chi connectivity index (χ3n) is 4.24. The highest BCUT2D eigenvalue weighted by Crippen LogP contribution is 2.26. The summed E-state index contributed by atoms with van der Waals surface area (Å²) in [7, 11) is 1.74. The average molecular weight is 499 g/mol. The minimum atomic E-state index is -0.257. The molecular formula is C20H18Cl3N5O2S. The van der Waals surface area contributed by atoms with Gasteiger partial charge in [0.25, 0.3) is 0 Å². The number of thioether (sulfide) groups is 1. The number of hydrogen-bond donors (Lipinski definition) is 2. The molecule has 31 heavy (non-hydrogen) atoms. The lowest BCUT2D eigenvalue weighted by Gasteiger charge is -2.08. The van der Waals surface area contributed by atoms with Crippen LogP contribution in [0.1, 0.15) is 11.4 Å². The molecule has 1 heterocycles. The number of aromatic nitrogens is 3. The van der Waals surface area contributed by atoms with E-state index >= 15 is 0 Å². The third-order valence-corrected chi connectivity index (χ3v) is 6.21. The van der Waals surface area contributed by atoms with Crippen LogP contribution in [0.15, 0.2) is 41.6 Å². The Balaban J connectivity index is 1.55. The zero-order valence-electron chi connectivity index (χ0n) is 16.6. The molecule has 0 radical (unpaired) electrons. The van der Waals surface area contributed by atoms with Gasteiger partial charge in [-0.1, -0.05) is 52.6 Å². The first-order valence-corrected chi connectivity index (χ1v) is 11.2. The monoisotopic (exact) mass is 497 g/mol.